The average Bonchev–Trinajstić information content (AvgIpc) is 2.33. The SMILES string of the molecule is C1=C2OCCC2OCC1. The van der Waals surface area contributed by atoms with Crippen LogP contribution in [-0.4, -0.2) is 19.3 Å². The second kappa shape index (κ2) is 2.03. The van der Waals surface area contributed by atoms with Crippen LogP contribution < -0.4 is 0 Å². The molecule has 0 radical (unpaired) electrons. The van der Waals surface area contributed by atoms with Crippen LogP contribution in [0.15, 0.2) is 11.8 Å². The molecule has 0 amide bonds. The van der Waals surface area contributed by atoms with Crippen molar-refractivity contribution in [1.29, 1.82) is 0 Å². The minimum Gasteiger partial charge on any atom is -0.495 e. The van der Waals surface area contributed by atoms with E-state index in [2.05, 4.69) is 6.08 Å². The largest absolute Gasteiger partial charge is 0.495 e. The van der Waals surface area contributed by atoms with Gasteiger partial charge in [0.1, 0.15) is 11.9 Å². The van der Waals surface area contributed by atoms with Crippen molar-refractivity contribution in [3.8, 4) is 0 Å². The van der Waals surface area contributed by atoms with Gasteiger partial charge in [0.05, 0.1) is 13.2 Å². The third-order valence-electron chi connectivity index (χ3n) is 1.75. The van der Waals surface area contributed by atoms with Crippen molar-refractivity contribution in [2.24, 2.45) is 0 Å². The molecule has 0 bridgehead atoms. The quantitative estimate of drug-likeness (QED) is 0.483. The molecule has 0 N–H and O–H groups in total. The second-order valence-corrected chi connectivity index (χ2v) is 2.39. The van der Waals surface area contributed by atoms with E-state index in [0.29, 0.717) is 6.10 Å². The summed E-state index contributed by atoms with van der Waals surface area (Å²) in [6.45, 7) is 1.72. The van der Waals surface area contributed by atoms with Gasteiger partial charge in [-0.3, -0.25) is 0 Å². The lowest BCUT2D eigenvalue weighted by Crippen LogP contribution is -2.15. The zero-order chi connectivity index (χ0) is 6.10. The van der Waals surface area contributed by atoms with Gasteiger partial charge in [0, 0.05) is 6.42 Å². The average molecular weight is 126 g/mol. The van der Waals surface area contributed by atoms with Crippen molar-refractivity contribution in [3.05, 3.63) is 11.8 Å². The highest BCUT2D eigenvalue weighted by Crippen LogP contribution is 2.24. The van der Waals surface area contributed by atoms with Gasteiger partial charge >= 0.3 is 0 Å². The highest BCUT2D eigenvalue weighted by molar-refractivity contribution is 5.06. The topological polar surface area (TPSA) is 18.5 Å². The van der Waals surface area contributed by atoms with Crippen LogP contribution in [0.5, 0.6) is 0 Å². The van der Waals surface area contributed by atoms with E-state index in [-0.39, 0.29) is 0 Å². The summed E-state index contributed by atoms with van der Waals surface area (Å²) in [6, 6.07) is 0. The zero-order valence-electron chi connectivity index (χ0n) is 5.30. The molecule has 0 aromatic heterocycles. The Kier molecular flexibility index (Phi) is 1.19. The molecule has 0 spiro atoms. The van der Waals surface area contributed by atoms with Gasteiger partial charge in [-0.2, -0.15) is 0 Å². The Morgan fingerprint density at radius 2 is 2.44 bits per heavy atom. The smallest absolute Gasteiger partial charge is 0.121 e. The summed E-state index contributed by atoms with van der Waals surface area (Å²) >= 11 is 0. The summed E-state index contributed by atoms with van der Waals surface area (Å²) in [4.78, 5) is 0. The normalized spacial score (nSPS) is 32.9. The van der Waals surface area contributed by atoms with Crippen LogP contribution in [0, 0.1) is 0 Å². The zero-order valence-corrected chi connectivity index (χ0v) is 5.30. The maximum Gasteiger partial charge on any atom is 0.121 e. The second-order valence-electron chi connectivity index (χ2n) is 2.39. The first-order chi connectivity index (χ1) is 4.47. The third kappa shape index (κ3) is 0.833. The summed E-state index contributed by atoms with van der Waals surface area (Å²) in [7, 11) is 0. The maximum atomic E-state index is 5.41. The highest BCUT2D eigenvalue weighted by Gasteiger charge is 2.24. The fourth-order valence-electron chi connectivity index (χ4n) is 1.29. The van der Waals surface area contributed by atoms with E-state index < -0.39 is 0 Å². The molecule has 2 aliphatic rings. The summed E-state index contributed by atoms with van der Waals surface area (Å²) in [6.07, 6.45) is 4.51. The Labute approximate surface area is 54.5 Å². The van der Waals surface area contributed by atoms with Crippen LogP contribution in [0.2, 0.25) is 0 Å². The minimum atomic E-state index is 0.304. The lowest BCUT2D eigenvalue weighted by molar-refractivity contribution is 0.0649. The van der Waals surface area contributed by atoms with Gasteiger partial charge in [-0.25, -0.2) is 0 Å². The summed E-state index contributed by atoms with van der Waals surface area (Å²) < 4.78 is 10.7. The van der Waals surface area contributed by atoms with Crippen LogP contribution in [-0.2, 0) is 9.47 Å². The first-order valence-electron chi connectivity index (χ1n) is 3.41. The van der Waals surface area contributed by atoms with Crippen LogP contribution in [0.4, 0.5) is 0 Å². The number of ether oxygens (including phenoxy) is 2. The molecular formula is C7H10O2. The van der Waals surface area contributed by atoms with Crippen LogP contribution >= 0.6 is 0 Å². The maximum absolute atomic E-state index is 5.41. The number of hydrogen-bond donors (Lipinski definition) is 0. The van der Waals surface area contributed by atoms with E-state index in [1.54, 1.807) is 0 Å². The highest BCUT2D eigenvalue weighted by atomic mass is 16.5. The summed E-state index contributed by atoms with van der Waals surface area (Å²) in [5.74, 6) is 1.07. The van der Waals surface area contributed by atoms with Crippen LogP contribution in [0.3, 0.4) is 0 Å². The van der Waals surface area contributed by atoms with Gasteiger partial charge in [0.15, 0.2) is 0 Å². The fourth-order valence-corrected chi connectivity index (χ4v) is 1.29. The van der Waals surface area contributed by atoms with Gasteiger partial charge in [-0.05, 0) is 12.5 Å². The molecule has 0 saturated carbocycles. The van der Waals surface area contributed by atoms with Crippen molar-refractivity contribution in [2.75, 3.05) is 13.2 Å². The Bertz CT molecular complexity index is 140. The standard InChI is InChI=1S/C7H10O2/c1-2-6-7(8-4-1)3-5-9-6/h2,7H,1,3-5H2. The summed E-state index contributed by atoms with van der Waals surface area (Å²) in [5.41, 5.74) is 0. The fraction of sp³-hybridized carbons (Fsp3) is 0.714. The van der Waals surface area contributed by atoms with Gasteiger partial charge in [-0.1, -0.05) is 0 Å². The Morgan fingerprint density at radius 3 is 3.33 bits per heavy atom. The van der Waals surface area contributed by atoms with Gasteiger partial charge in [0.25, 0.3) is 0 Å². The number of fused-ring (bicyclic) bond motifs is 1. The molecule has 1 fully saturated rings. The van der Waals surface area contributed by atoms with E-state index in [9.17, 15) is 0 Å². The predicted octanol–water partition coefficient (Wildman–Crippen LogP) is 1.08. The van der Waals surface area contributed by atoms with E-state index in [1.807, 2.05) is 0 Å². The molecule has 1 atom stereocenters. The molecule has 2 heteroatoms. The van der Waals surface area contributed by atoms with Crippen molar-refractivity contribution >= 4 is 0 Å². The Hall–Kier alpha value is -0.500. The Balaban J connectivity index is 2.16. The Morgan fingerprint density at radius 1 is 1.44 bits per heavy atom. The van der Waals surface area contributed by atoms with E-state index in [4.69, 9.17) is 9.47 Å². The van der Waals surface area contributed by atoms with E-state index >= 15 is 0 Å². The lowest BCUT2D eigenvalue weighted by Gasteiger charge is -2.15. The molecule has 9 heavy (non-hydrogen) atoms. The third-order valence-corrected chi connectivity index (χ3v) is 1.75. The monoisotopic (exact) mass is 126 g/mol. The van der Waals surface area contributed by atoms with E-state index in [0.717, 1.165) is 31.8 Å². The molecular weight excluding hydrogens is 116 g/mol. The van der Waals surface area contributed by atoms with E-state index in [1.165, 1.54) is 0 Å². The molecule has 2 nitrogen and oxygen atoms in total. The first-order valence-corrected chi connectivity index (χ1v) is 3.41. The molecule has 0 aliphatic carbocycles. The molecule has 2 aliphatic heterocycles. The number of rotatable bonds is 0. The molecule has 2 rings (SSSR count). The van der Waals surface area contributed by atoms with Crippen molar-refractivity contribution in [3.63, 3.8) is 0 Å². The molecule has 1 saturated heterocycles. The van der Waals surface area contributed by atoms with Crippen molar-refractivity contribution < 1.29 is 9.47 Å². The minimum absolute atomic E-state index is 0.304. The molecule has 50 valence electrons. The van der Waals surface area contributed by atoms with Crippen LogP contribution in [0.25, 0.3) is 0 Å². The predicted molar refractivity (Wildman–Crippen MR) is 33.0 cm³/mol. The molecule has 2 heterocycles. The first kappa shape index (κ1) is 5.30. The molecule has 0 aromatic rings. The van der Waals surface area contributed by atoms with Crippen molar-refractivity contribution in [1.82, 2.24) is 0 Å². The van der Waals surface area contributed by atoms with Crippen LogP contribution in [0.1, 0.15) is 12.8 Å². The molecule has 1 unspecified atom stereocenters. The summed E-state index contributed by atoms with van der Waals surface area (Å²) in [5, 5.41) is 0. The van der Waals surface area contributed by atoms with Crippen molar-refractivity contribution in [2.45, 2.75) is 18.9 Å². The van der Waals surface area contributed by atoms with Gasteiger partial charge < -0.3 is 9.47 Å². The van der Waals surface area contributed by atoms with Gasteiger partial charge in [0.2, 0.25) is 0 Å². The van der Waals surface area contributed by atoms with Gasteiger partial charge in [-0.15, -0.1) is 0 Å². The number of hydrogen-bond acceptors (Lipinski definition) is 2. The lowest BCUT2D eigenvalue weighted by atomic mass is 10.2. The molecule has 0 aromatic carbocycles.